The first-order valence-electron chi connectivity index (χ1n) is 10.6. The number of likely N-dealkylation sites (tertiary alicyclic amines) is 1. The second kappa shape index (κ2) is 11.2. The summed E-state index contributed by atoms with van der Waals surface area (Å²) < 4.78 is 7.86. The summed E-state index contributed by atoms with van der Waals surface area (Å²) >= 11 is 5.31. The average Bonchev–Trinajstić information content (AvgIpc) is 3.07. The Balaban J connectivity index is 1.45. The van der Waals surface area contributed by atoms with Crippen LogP contribution in [0.5, 0.6) is 5.75 Å². The lowest BCUT2D eigenvalue weighted by molar-refractivity contribution is -0.136. The maximum Gasteiger partial charge on any atom is 0.294 e. The summed E-state index contributed by atoms with van der Waals surface area (Å²) in [5, 5.41) is -0.399. The molecular formula is C24H22I2N2O4S. The number of ether oxygens (including phenoxy) is 1. The molecule has 2 aliphatic heterocycles. The largest absolute Gasteiger partial charge is 0.487 e. The zero-order valence-electron chi connectivity index (χ0n) is 17.8. The Morgan fingerprint density at radius 3 is 2.36 bits per heavy atom. The standard InChI is InChI=1S/C24H22I2N2O4S/c25-18-11-17(12-19(26)22(18)32-15-16-7-3-1-4-8-16)13-20-23(30)28(24(31)33-20)14-21(29)27-9-5-2-6-10-27/h1,3-4,7-8,11-13H,2,5-6,9-10,14-15H2/b20-13+. The normalized spacial score (nSPS) is 17.7. The van der Waals surface area contributed by atoms with Crippen LogP contribution in [0.15, 0.2) is 47.4 Å². The van der Waals surface area contributed by atoms with E-state index in [1.807, 2.05) is 42.5 Å². The van der Waals surface area contributed by atoms with Crippen LogP contribution in [-0.4, -0.2) is 46.5 Å². The Bertz CT molecular complexity index is 1080. The first-order valence-corrected chi connectivity index (χ1v) is 13.6. The van der Waals surface area contributed by atoms with Gasteiger partial charge in [0.05, 0.1) is 12.0 Å². The highest BCUT2D eigenvalue weighted by molar-refractivity contribution is 14.1. The van der Waals surface area contributed by atoms with Crippen LogP contribution < -0.4 is 4.74 Å². The number of hydrogen-bond acceptors (Lipinski definition) is 5. The Morgan fingerprint density at radius 1 is 1.03 bits per heavy atom. The van der Waals surface area contributed by atoms with Gasteiger partial charge >= 0.3 is 0 Å². The number of halogens is 2. The van der Waals surface area contributed by atoms with Crippen molar-refractivity contribution in [2.24, 2.45) is 0 Å². The van der Waals surface area contributed by atoms with Crippen LogP contribution in [0, 0.1) is 7.14 Å². The highest BCUT2D eigenvalue weighted by Gasteiger charge is 2.37. The maximum atomic E-state index is 12.9. The summed E-state index contributed by atoms with van der Waals surface area (Å²) in [6, 6.07) is 13.8. The molecule has 2 aliphatic rings. The van der Waals surface area contributed by atoms with E-state index in [4.69, 9.17) is 4.74 Å². The minimum atomic E-state index is -0.412. The molecule has 0 radical (unpaired) electrons. The molecule has 0 N–H and O–H groups in total. The second-order valence-electron chi connectivity index (χ2n) is 7.80. The molecule has 33 heavy (non-hydrogen) atoms. The molecule has 172 valence electrons. The summed E-state index contributed by atoms with van der Waals surface area (Å²) in [7, 11) is 0. The number of benzene rings is 2. The van der Waals surface area contributed by atoms with E-state index in [1.54, 1.807) is 11.0 Å². The van der Waals surface area contributed by atoms with Crippen LogP contribution in [0.3, 0.4) is 0 Å². The van der Waals surface area contributed by atoms with Crippen molar-refractivity contribution in [2.45, 2.75) is 25.9 Å². The average molecular weight is 688 g/mol. The fourth-order valence-electron chi connectivity index (χ4n) is 3.70. The topological polar surface area (TPSA) is 66.9 Å². The highest BCUT2D eigenvalue weighted by Crippen LogP contribution is 2.35. The minimum absolute atomic E-state index is 0.165. The number of carbonyl (C=O) groups excluding carboxylic acids is 3. The molecule has 0 atom stereocenters. The van der Waals surface area contributed by atoms with Gasteiger partial charge in [0.1, 0.15) is 18.9 Å². The summed E-state index contributed by atoms with van der Waals surface area (Å²) in [5.41, 5.74) is 1.89. The van der Waals surface area contributed by atoms with Crippen molar-refractivity contribution in [1.29, 1.82) is 0 Å². The number of imide groups is 1. The molecule has 4 rings (SSSR count). The molecule has 0 aromatic heterocycles. The lowest BCUT2D eigenvalue weighted by Gasteiger charge is -2.27. The molecule has 9 heteroatoms. The van der Waals surface area contributed by atoms with Gasteiger partial charge in [-0.25, -0.2) is 0 Å². The van der Waals surface area contributed by atoms with Gasteiger partial charge in [-0.2, -0.15) is 0 Å². The van der Waals surface area contributed by atoms with E-state index in [9.17, 15) is 14.4 Å². The maximum absolute atomic E-state index is 12.9. The van der Waals surface area contributed by atoms with Gasteiger partial charge in [-0.1, -0.05) is 30.3 Å². The predicted molar refractivity (Wildman–Crippen MR) is 146 cm³/mol. The lowest BCUT2D eigenvalue weighted by Crippen LogP contribution is -2.44. The molecule has 2 fully saturated rings. The number of amides is 3. The molecule has 2 aromatic rings. The zero-order valence-corrected chi connectivity index (χ0v) is 22.9. The Hall–Kier alpha value is -1.60. The van der Waals surface area contributed by atoms with Gasteiger partial charge in [0.25, 0.3) is 11.1 Å². The summed E-state index contributed by atoms with van der Waals surface area (Å²) in [5.74, 6) is 0.212. The second-order valence-corrected chi connectivity index (χ2v) is 11.1. The third kappa shape index (κ3) is 6.10. The number of hydrogen-bond donors (Lipinski definition) is 0. The van der Waals surface area contributed by atoms with E-state index in [0.717, 1.165) is 59.9 Å². The Labute approximate surface area is 224 Å². The van der Waals surface area contributed by atoms with Gasteiger partial charge < -0.3 is 9.64 Å². The van der Waals surface area contributed by atoms with Crippen molar-refractivity contribution in [3.63, 3.8) is 0 Å². The van der Waals surface area contributed by atoms with Crippen LogP contribution >= 0.6 is 56.9 Å². The molecule has 6 nitrogen and oxygen atoms in total. The van der Waals surface area contributed by atoms with Gasteiger partial charge in [0.15, 0.2) is 0 Å². The third-order valence-electron chi connectivity index (χ3n) is 5.42. The van der Waals surface area contributed by atoms with Crippen molar-refractivity contribution in [3.8, 4) is 5.75 Å². The third-order valence-corrected chi connectivity index (χ3v) is 7.93. The van der Waals surface area contributed by atoms with Crippen LogP contribution in [0.1, 0.15) is 30.4 Å². The number of piperidine rings is 1. The van der Waals surface area contributed by atoms with Gasteiger partial charge in [-0.15, -0.1) is 0 Å². The molecule has 0 spiro atoms. The molecule has 3 amide bonds. The van der Waals surface area contributed by atoms with E-state index < -0.39 is 11.1 Å². The van der Waals surface area contributed by atoms with Crippen molar-refractivity contribution in [2.75, 3.05) is 19.6 Å². The van der Waals surface area contributed by atoms with Gasteiger partial charge in [-0.05, 0) is 106 Å². The number of carbonyl (C=O) groups is 3. The Kier molecular flexibility index (Phi) is 8.34. The summed E-state index contributed by atoms with van der Waals surface area (Å²) in [4.78, 5) is 41.0. The number of nitrogens with zero attached hydrogens (tertiary/aromatic N) is 2. The van der Waals surface area contributed by atoms with Crippen LogP contribution in [0.4, 0.5) is 4.79 Å². The van der Waals surface area contributed by atoms with Crippen LogP contribution in [0.25, 0.3) is 6.08 Å². The Morgan fingerprint density at radius 2 is 1.70 bits per heavy atom. The van der Waals surface area contributed by atoms with Gasteiger partial charge in [0, 0.05) is 13.1 Å². The van der Waals surface area contributed by atoms with Gasteiger partial charge in [-0.3, -0.25) is 19.3 Å². The van der Waals surface area contributed by atoms with Crippen LogP contribution in [0.2, 0.25) is 0 Å². The SMILES string of the molecule is O=C(CN1C(=O)S/C(=C/c2cc(I)c(OCc3ccccc3)c(I)c2)C1=O)N1CCCCC1. The molecular weight excluding hydrogens is 666 g/mol. The summed E-state index contributed by atoms with van der Waals surface area (Å²) in [6.07, 6.45) is 4.76. The van der Waals surface area contributed by atoms with E-state index in [0.29, 0.717) is 24.6 Å². The molecule has 2 heterocycles. The molecule has 0 saturated carbocycles. The van der Waals surface area contributed by atoms with Crippen molar-refractivity contribution in [1.82, 2.24) is 9.80 Å². The zero-order chi connectivity index (χ0) is 23.4. The molecule has 2 saturated heterocycles. The van der Waals surface area contributed by atoms with Crippen LogP contribution in [-0.2, 0) is 16.2 Å². The quantitative estimate of drug-likeness (QED) is 0.296. The molecule has 0 unspecified atom stereocenters. The fraction of sp³-hybridized carbons (Fsp3) is 0.292. The lowest BCUT2D eigenvalue weighted by atomic mass is 10.1. The smallest absolute Gasteiger partial charge is 0.294 e. The van der Waals surface area contributed by atoms with Crippen molar-refractivity contribution >= 4 is 80.1 Å². The van der Waals surface area contributed by atoms with E-state index >= 15 is 0 Å². The molecule has 2 aromatic carbocycles. The van der Waals surface area contributed by atoms with Crippen molar-refractivity contribution < 1.29 is 19.1 Å². The monoisotopic (exact) mass is 688 g/mol. The first kappa shape index (κ1) is 24.5. The molecule has 0 bridgehead atoms. The number of thioether (sulfide) groups is 1. The van der Waals surface area contributed by atoms with Gasteiger partial charge in [0.2, 0.25) is 5.91 Å². The van der Waals surface area contributed by atoms with E-state index in [1.165, 1.54) is 0 Å². The van der Waals surface area contributed by atoms with E-state index in [2.05, 4.69) is 45.2 Å². The fourth-order valence-corrected chi connectivity index (χ4v) is 6.66. The van der Waals surface area contributed by atoms with Crippen molar-refractivity contribution in [3.05, 3.63) is 65.6 Å². The highest BCUT2D eigenvalue weighted by atomic mass is 127. The minimum Gasteiger partial charge on any atom is -0.487 e. The predicted octanol–water partition coefficient (Wildman–Crippen LogP) is 5.52. The number of rotatable bonds is 6. The molecule has 0 aliphatic carbocycles. The summed E-state index contributed by atoms with van der Waals surface area (Å²) in [6.45, 7) is 1.67. The van der Waals surface area contributed by atoms with E-state index in [-0.39, 0.29) is 12.5 Å². The first-order chi connectivity index (χ1) is 15.9.